The highest BCUT2D eigenvalue weighted by Gasteiger charge is 2.44. The molecule has 0 aromatic rings. The second-order valence-electron chi connectivity index (χ2n) is 9.99. The molecule has 5 nitrogen and oxygen atoms in total. The van der Waals surface area contributed by atoms with Crippen LogP contribution in [0.4, 0.5) is 4.79 Å². The van der Waals surface area contributed by atoms with E-state index in [-0.39, 0.29) is 5.97 Å². The van der Waals surface area contributed by atoms with E-state index < -0.39 is 11.6 Å². The van der Waals surface area contributed by atoms with Gasteiger partial charge in [0.05, 0.1) is 13.2 Å². The van der Waals surface area contributed by atoms with Crippen LogP contribution in [-0.4, -0.2) is 30.8 Å². The maximum atomic E-state index is 12.6. The molecular formula is C28H53NO4. The monoisotopic (exact) mass is 467 g/mol. The van der Waals surface area contributed by atoms with Gasteiger partial charge < -0.3 is 14.8 Å². The number of hydrogen-bond acceptors (Lipinski definition) is 4. The molecule has 0 heterocycles. The second kappa shape index (κ2) is 20.1. The number of ether oxygens (including phenoxy) is 2. The molecule has 0 aromatic carbocycles. The first kappa shape index (κ1) is 29.8. The molecule has 0 aromatic heterocycles. The van der Waals surface area contributed by atoms with Gasteiger partial charge in [0.25, 0.3) is 0 Å². The highest BCUT2D eigenvalue weighted by atomic mass is 16.6. The molecule has 33 heavy (non-hydrogen) atoms. The Hall–Kier alpha value is -1.26. The summed E-state index contributed by atoms with van der Waals surface area (Å²) in [4.78, 5) is 24.6. The van der Waals surface area contributed by atoms with Crippen LogP contribution in [0, 0.1) is 0 Å². The minimum Gasteiger partial charge on any atom is -0.464 e. The highest BCUT2D eigenvalue weighted by molar-refractivity contribution is 5.86. The molecular weight excluding hydrogens is 414 g/mol. The van der Waals surface area contributed by atoms with E-state index in [1.807, 2.05) is 6.92 Å². The molecule has 194 valence electrons. The quantitative estimate of drug-likeness (QED) is 0.136. The Kier molecular flexibility index (Phi) is 18.2. The molecule has 1 saturated carbocycles. The van der Waals surface area contributed by atoms with Gasteiger partial charge in [-0.1, -0.05) is 123 Å². The topological polar surface area (TPSA) is 64.6 Å². The molecule has 5 heteroatoms. The maximum Gasteiger partial charge on any atom is 0.408 e. The molecule has 0 unspecified atom stereocenters. The van der Waals surface area contributed by atoms with E-state index in [9.17, 15) is 9.59 Å². The summed E-state index contributed by atoms with van der Waals surface area (Å²) in [5.74, 6) is -0.283. The van der Waals surface area contributed by atoms with Crippen LogP contribution in [0.15, 0.2) is 0 Å². The van der Waals surface area contributed by atoms with Crippen molar-refractivity contribution in [3.63, 3.8) is 0 Å². The number of rotatable bonds is 21. The van der Waals surface area contributed by atoms with Gasteiger partial charge in [-0.2, -0.15) is 0 Å². The van der Waals surface area contributed by atoms with Gasteiger partial charge in [-0.15, -0.1) is 0 Å². The Labute approximate surface area is 204 Å². The molecule has 0 saturated heterocycles. The Balaban J connectivity index is 1.95. The smallest absolute Gasteiger partial charge is 0.408 e. The molecule has 1 fully saturated rings. The summed E-state index contributed by atoms with van der Waals surface area (Å²) >= 11 is 0. The average Bonchev–Trinajstić information content (AvgIpc) is 3.29. The van der Waals surface area contributed by atoms with Crippen LogP contribution in [-0.2, 0) is 14.3 Å². The van der Waals surface area contributed by atoms with Crippen molar-refractivity contribution in [1.82, 2.24) is 5.32 Å². The summed E-state index contributed by atoms with van der Waals surface area (Å²) in [6, 6.07) is 0. The van der Waals surface area contributed by atoms with Crippen molar-refractivity contribution < 1.29 is 19.1 Å². The first-order valence-corrected chi connectivity index (χ1v) is 14.3. The van der Waals surface area contributed by atoms with Crippen molar-refractivity contribution in [2.45, 2.75) is 154 Å². The van der Waals surface area contributed by atoms with Crippen LogP contribution < -0.4 is 5.32 Å². The second-order valence-corrected chi connectivity index (χ2v) is 9.99. The van der Waals surface area contributed by atoms with Gasteiger partial charge in [0.15, 0.2) is 0 Å². The lowest BCUT2D eigenvalue weighted by molar-refractivity contribution is -0.151. The minimum absolute atomic E-state index is 0.283. The summed E-state index contributed by atoms with van der Waals surface area (Å²) in [5, 5.41) is 2.80. The van der Waals surface area contributed by atoms with Gasteiger partial charge in [-0.05, 0) is 25.7 Å². The van der Waals surface area contributed by atoms with Gasteiger partial charge in [0.2, 0.25) is 0 Å². The predicted octanol–water partition coefficient (Wildman–Crippen LogP) is 8.24. The summed E-state index contributed by atoms with van der Waals surface area (Å²) in [7, 11) is 0. The number of hydrogen-bond donors (Lipinski definition) is 1. The van der Waals surface area contributed by atoms with Crippen molar-refractivity contribution in [1.29, 1.82) is 0 Å². The van der Waals surface area contributed by atoms with Gasteiger partial charge >= 0.3 is 12.1 Å². The zero-order valence-electron chi connectivity index (χ0n) is 21.9. The van der Waals surface area contributed by atoms with Crippen LogP contribution in [0.5, 0.6) is 0 Å². The number of unbranched alkanes of at least 4 members (excludes halogenated alkanes) is 15. The van der Waals surface area contributed by atoms with Gasteiger partial charge in [-0.3, -0.25) is 0 Å². The zero-order valence-corrected chi connectivity index (χ0v) is 21.9. The lowest BCUT2D eigenvalue weighted by Gasteiger charge is -2.27. The third-order valence-corrected chi connectivity index (χ3v) is 6.86. The van der Waals surface area contributed by atoms with Crippen LogP contribution >= 0.6 is 0 Å². The average molecular weight is 468 g/mol. The van der Waals surface area contributed by atoms with E-state index in [1.165, 1.54) is 89.9 Å². The summed E-state index contributed by atoms with van der Waals surface area (Å²) in [6.07, 6.45) is 24.6. The predicted molar refractivity (Wildman–Crippen MR) is 136 cm³/mol. The fourth-order valence-corrected chi connectivity index (χ4v) is 4.74. The minimum atomic E-state index is -0.875. The van der Waals surface area contributed by atoms with Crippen LogP contribution in [0.1, 0.15) is 149 Å². The molecule has 0 atom stereocenters. The summed E-state index contributed by atoms with van der Waals surface area (Å²) in [5.41, 5.74) is -0.875. The van der Waals surface area contributed by atoms with Crippen molar-refractivity contribution >= 4 is 12.1 Å². The fourth-order valence-electron chi connectivity index (χ4n) is 4.74. The zero-order chi connectivity index (χ0) is 24.0. The number of carbonyl (C=O) groups excluding carboxylic acids is 2. The molecule has 0 aliphatic heterocycles. The number of alkyl carbamates (subject to hydrolysis) is 1. The van der Waals surface area contributed by atoms with Gasteiger partial charge in [0, 0.05) is 0 Å². The third-order valence-electron chi connectivity index (χ3n) is 6.86. The van der Waals surface area contributed by atoms with E-state index in [0.29, 0.717) is 26.1 Å². The van der Waals surface area contributed by atoms with E-state index in [0.717, 1.165) is 32.1 Å². The summed E-state index contributed by atoms with van der Waals surface area (Å²) in [6.45, 7) is 5.05. The fraction of sp³-hybridized carbons (Fsp3) is 0.929. The number of nitrogens with one attached hydrogen (secondary N) is 1. The number of esters is 1. The molecule has 1 amide bonds. The van der Waals surface area contributed by atoms with Crippen molar-refractivity contribution in [2.24, 2.45) is 0 Å². The maximum absolute atomic E-state index is 12.6. The Morgan fingerprint density at radius 3 is 1.52 bits per heavy atom. The SMILES string of the molecule is CCCCCCCCCCCCCCCCCCOC(=O)C1(NC(=O)OCCC)CCCC1. The van der Waals surface area contributed by atoms with E-state index in [2.05, 4.69) is 12.2 Å². The first-order valence-electron chi connectivity index (χ1n) is 14.3. The van der Waals surface area contributed by atoms with E-state index in [4.69, 9.17) is 9.47 Å². The largest absolute Gasteiger partial charge is 0.464 e. The standard InChI is InChI=1S/C28H53NO4/c1-3-5-6-7-8-9-10-11-12-13-14-15-16-17-18-21-25-32-26(30)28(22-19-20-23-28)29-27(31)33-24-4-2/h3-25H2,1-2H3,(H,29,31). The lowest BCUT2D eigenvalue weighted by Crippen LogP contribution is -2.53. The third kappa shape index (κ3) is 14.6. The molecule has 0 bridgehead atoms. The summed E-state index contributed by atoms with van der Waals surface area (Å²) < 4.78 is 10.7. The van der Waals surface area contributed by atoms with Crippen LogP contribution in [0.25, 0.3) is 0 Å². The van der Waals surface area contributed by atoms with E-state index >= 15 is 0 Å². The Morgan fingerprint density at radius 1 is 0.606 bits per heavy atom. The van der Waals surface area contributed by atoms with E-state index in [1.54, 1.807) is 0 Å². The lowest BCUT2D eigenvalue weighted by atomic mass is 9.98. The Morgan fingerprint density at radius 2 is 1.06 bits per heavy atom. The highest BCUT2D eigenvalue weighted by Crippen LogP contribution is 2.31. The molecule has 0 spiro atoms. The molecule has 1 aliphatic rings. The molecule has 1 rings (SSSR count). The van der Waals surface area contributed by atoms with Crippen molar-refractivity contribution in [3.05, 3.63) is 0 Å². The number of carbonyl (C=O) groups is 2. The normalized spacial score (nSPS) is 14.8. The Bertz CT molecular complexity index is 488. The first-order chi connectivity index (χ1) is 16.1. The van der Waals surface area contributed by atoms with Crippen molar-refractivity contribution in [3.8, 4) is 0 Å². The van der Waals surface area contributed by atoms with Crippen LogP contribution in [0.2, 0.25) is 0 Å². The molecule has 1 aliphatic carbocycles. The van der Waals surface area contributed by atoms with Gasteiger partial charge in [-0.25, -0.2) is 9.59 Å². The molecule has 1 N–H and O–H groups in total. The molecule has 0 radical (unpaired) electrons. The van der Waals surface area contributed by atoms with Crippen LogP contribution in [0.3, 0.4) is 0 Å². The van der Waals surface area contributed by atoms with Crippen molar-refractivity contribution in [2.75, 3.05) is 13.2 Å². The van der Waals surface area contributed by atoms with Gasteiger partial charge in [0.1, 0.15) is 5.54 Å². The number of amides is 1.